The van der Waals surface area contributed by atoms with Crippen LogP contribution in [0.3, 0.4) is 0 Å². The van der Waals surface area contributed by atoms with Crippen LogP contribution in [0.25, 0.3) is 0 Å². The van der Waals surface area contributed by atoms with Crippen molar-refractivity contribution in [3.05, 3.63) is 33.8 Å². The first-order chi connectivity index (χ1) is 7.63. The number of ketones is 1. The van der Waals surface area contributed by atoms with Crippen molar-refractivity contribution in [2.45, 2.75) is 6.42 Å². The SMILES string of the molecule is C#CCNCC(=O)Cc1cc(Cl)ccc1Cl. The van der Waals surface area contributed by atoms with Crippen molar-refractivity contribution < 1.29 is 4.79 Å². The zero-order valence-corrected chi connectivity index (χ0v) is 10.1. The van der Waals surface area contributed by atoms with Crippen molar-refractivity contribution >= 4 is 29.0 Å². The molecule has 16 heavy (non-hydrogen) atoms. The summed E-state index contributed by atoms with van der Waals surface area (Å²) < 4.78 is 0. The van der Waals surface area contributed by atoms with Gasteiger partial charge in [0, 0.05) is 16.5 Å². The Kier molecular flexibility index (Phi) is 5.34. The first kappa shape index (κ1) is 13.1. The van der Waals surface area contributed by atoms with Gasteiger partial charge in [-0.15, -0.1) is 6.42 Å². The number of carbonyl (C=O) groups is 1. The molecule has 0 aliphatic heterocycles. The maximum Gasteiger partial charge on any atom is 0.151 e. The number of terminal acetylenes is 1. The van der Waals surface area contributed by atoms with E-state index in [1.807, 2.05) is 0 Å². The van der Waals surface area contributed by atoms with Crippen LogP contribution in [-0.2, 0) is 11.2 Å². The highest BCUT2D eigenvalue weighted by molar-refractivity contribution is 6.33. The summed E-state index contributed by atoms with van der Waals surface area (Å²) in [6, 6.07) is 5.07. The minimum atomic E-state index is 0.0272. The monoisotopic (exact) mass is 255 g/mol. The molecule has 0 radical (unpaired) electrons. The highest BCUT2D eigenvalue weighted by atomic mass is 35.5. The van der Waals surface area contributed by atoms with Crippen LogP contribution in [0.5, 0.6) is 0 Å². The van der Waals surface area contributed by atoms with Crippen LogP contribution in [-0.4, -0.2) is 18.9 Å². The van der Waals surface area contributed by atoms with Crippen LogP contribution in [0, 0.1) is 12.3 Å². The molecule has 0 aromatic heterocycles. The van der Waals surface area contributed by atoms with Gasteiger partial charge in [-0.1, -0.05) is 29.1 Å². The predicted molar refractivity (Wildman–Crippen MR) is 66.9 cm³/mol. The van der Waals surface area contributed by atoms with Crippen LogP contribution < -0.4 is 5.32 Å². The van der Waals surface area contributed by atoms with E-state index in [2.05, 4.69) is 11.2 Å². The van der Waals surface area contributed by atoms with E-state index in [0.29, 0.717) is 16.6 Å². The van der Waals surface area contributed by atoms with Gasteiger partial charge in [-0.2, -0.15) is 0 Å². The van der Waals surface area contributed by atoms with E-state index in [1.54, 1.807) is 18.2 Å². The van der Waals surface area contributed by atoms with E-state index in [4.69, 9.17) is 29.6 Å². The minimum Gasteiger partial charge on any atom is -0.299 e. The number of hydrogen-bond acceptors (Lipinski definition) is 2. The molecule has 0 aliphatic rings. The van der Waals surface area contributed by atoms with Gasteiger partial charge in [0.2, 0.25) is 0 Å². The summed E-state index contributed by atoms with van der Waals surface area (Å²) in [5.41, 5.74) is 0.738. The molecule has 0 aliphatic carbocycles. The number of Topliss-reactive ketones (excluding diaryl/α,β-unsaturated/α-hetero) is 1. The fraction of sp³-hybridized carbons (Fsp3) is 0.250. The van der Waals surface area contributed by atoms with E-state index in [-0.39, 0.29) is 18.7 Å². The molecule has 1 rings (SSSR count). The molecule has 1 N–H and O–H groups in total. The molecule has 0 spiro atoms. The first-order valence-electron chi connectivity index (χ1n) is 4.73. The Morgan fingerprint density at radius 2 is 2.19 bits per heavy atom. The van der Waals surface area contributed by atoms with Gasteiger partial charge in [-0.05, 0) is 23.8 Å². The Bertz CT molecular complexity index is 424. The largest absolute Gasteiger partial charge is 0.299 e. The molecule has 0 atom stereocenters. The van der Waals surface area contributed by atoms with Gasteiger partial charge in [-0.3, -0.25) is 10.1 Å². The third-order valence-corrected chi connectivity index (χ3v) is 2.55. The second-order valence-corrected chi connectivity index (χ2v) is 4.10. The Morgan fingerprint density at radius 1 is 1.44 bits per heavy atom. The number of rotatable bonds is 5. The topological polar surface area (TPSA) is 29.1 Å². The molecule has 4 heteroatoms. The Hall–Kier alpha value is -1.01. The van der Waals surface area contributed by atoms with Gasteiger partial charge in [0.05, 0.1) is 13.1 Å². The molecule has 0 unspecified atom stereocenters. The van der Waals surface area contributed by atoms with Gasteiger partial charge < -0.3 is 0 Å². The molecule has 0 saturated heterocycles. The lowest BCUT2D eigenvalue weighted by Crippen LogP contribution is -2.24. The fourth-order valence-corrected chi connectivity index (χ4v) is 1.61. The van der Waals surface area contributed by atoms with Crippen molar-refractivity contribution in [1.82, 2.24) is 5.32 Å². The van der Waals surface area contributed by atoms with Crippen molar-refractivity contribution in [1.29, 1.82) is 0 Å². The molecule has 1 aromatic carbocycles. The van der Waals surface area contributed by atoms with Gasteiger partial charge in [-0.25, -0.2) is 0 Å². The second kappa shape index (κ2) is 6.55. The lowest BCUT2D eigenvalue weighted by Gasteiger charge is -2.04. The van der Waals surface area contributed by atoms with E-state index in [1.165, 1.54) is 0 Å². The summed E-state index contributed by atoms with van der Waals surface area (Å²) in [7, 11) is 0. The van der Waals surface area contributed by atoms with Crippen molar-refractivity contribution in [2.24, 2.45) is 0 Å². The van der Waals surface area contributed by atoms with Crippen LogP contribution in [0.1, 0.15) is 5.56 Å². The van der Waals surface area contributed by atoms with Crippen LogP contribution >= 0.6 is 23.2 Å². The average molecular weight is 256 g/mol. The van der Waals surface area contributed by atoms with E-state index in [0.717, 1.165) is 5.56 Å². The summed E-state index contributed by atoms with van der Waals surface area (Å²) in [6.07, 6.45) is 5.31. The van der Waals surface area contributed by atoms with E-state index in [9.17, 15) is 4.79 Å². The average Bonchev–Trinajstić information content (AvgIpc) is 2.24. The van der Waals surface area contributed by atoms with E-state index < -0.39 is 0 Å². The zero-order valence-electron chi connectivity index (χ0n) is 8.59. The molecule has 84 valence electrons. The molecule has 2 nitrogen and oxygen atoms in total. The van der Waals surface area contributed by atoms with Gasteiger partial charge in [0.15, 0.2) is 5.78 Å². The molecule has 0 heterocycles. The quantitative estimate of drug-likeness (QED) is 0.647. The highest BCUT2D eigenvalue weighted by Gasteiger charge is 2.07. The third-order valence-electron chi connectivity index (χ3n) is 1.94. The van der Waals surface area contributed by atoms with E-state index >= 15 is 0 Å². The smallest absolute Gasteiger partial charge is 0.151 e. The Labute approximate surface area is 105 Å². The Balaban J connectivity index is 2.56. The Morgan fingerprint density at radius 3 is 2.88 bits per heavy atom. The number of nitrogens with one attached hydrogen (secondary N) is 1. The second-order valence-electron chi connectivity index (χ2n) is 3.26. The summed E-state index contributed by atoms with van der Waals surface area (Å²) in [5, 5.41) is 3.95. The molecular formula is C12H11Cl2NO. The lowest BCUT2D eigenvalue weighted by atomic mass is 10.1. The molecule has 0 fully saturated rings. The molecule has 0 saturated carbocycles. The maximum absolute atomic E-state index is 11.5. The molecule has 0 bridgehead atoms. The standard InChI is InChI=1S/C12H11Cl2NO/c1-2-5-15-8-11(16)7-9-6-10(13)3-4-12(9)14/h1,3-4,6,15H,5,7-8H2. The summed E-state index contributed by atoms with van der Waals surface area (Å²) in [6.45, 7) is 0.627. The highest BCUT2D eigenvalue weighted by Crippen LogP contribution is 2.21. The lowest BCUT2D eigenvalue weighted by molar-refractivity contribution is -0.117. The number of benzene rings is 1. The summed E-state index contributed by atoms with van der Waals surface area (Å²) in [5.74, 6) is 2.42. The van der Waals surface area contributed by atoms with Crippen LogP contribution in [0.4, 0.5) is 0 Å². The molecular weight excluding hydrogens is 245 g/mol. The van der Waals surface area contributed by atoms with Gasteiger partial charge in [0.25, 0.3) is 0 Å². The first-order valence-corrected chi connectivity index (χ1v) is 5.49. The van der Waals surface area contributed by atoms with Gasteiger partial charge >= 0.3 is 0 Å². The zero-order chi connectivity index (χ0) is 12.0. The number of carbonyl (C=O) groups excluding carboxylic acids is 1. The summed E-state index contributed by atoms with van der Waals surface area (Å²) in [4.78, 5) is 11.5. The third kappa shape index (κ3) is 4.24. The van der Waals surface area contributed by atoms with Crippen LogP contribution in [0.15, 0.2) is 18.2 Å². The van der Waals surface area contributed by atoms with Crippen molar-refractivity contribution in [3.63, 3.8) is 0 Å². The fourth-order valence-electron chi connectivity index (χ4n) is 1.23. The van der Waals surface area contributed by atoms with Crippen molar-refractivity contribution in [2.75, 3.05) is 13.1 Å². The normalized spacial score (nSPS) is 9.81. The van der Waals surface area contributed by atoms with Crippen molar-refractivity contribution in [3.8, 4) is 12.3 Å². The number of hydrogen-bond donors (Lipinski definition) is 1. The van der Waals surface area contributed by atoms with Crippen LogP contribution in [0.2, 0.25) is 10.0 Å². The minimum absolute atomic E-state index is 0.0272. The summed E-state index contributed by atoms with van der Waals surface area (Å²) >= 11 is 11.8. The predicted octanol–water partition coefficient (Wildman–Crippen LogP) is 2.33. The molecule has 1 aromatic rings. The molecule has 0 amide bonds. The van der Waals surface area contributed by atoms with Gasteiger partial charge in [0.1, 0.15) is 0 Å². The maximum atomic E-state index is 11.5. The number of halogens is 2.